The van der Waals surface area contributed by atoms with E-state index in [0.29, 0.717) is 54.1 Å². The maximum atomic E-state index is 13.5. The SMILES string of the molecule is COc1cc(C(=O)N2CCC[C@@H](N)C2)cc2nc(-c3cc4ccc(N(CC5CCC5)S(C)(=O)=O)nc4n3CC3CC3)n(C)c12. The normalized spacial score (nSPS) is 19.5. The monoisotopic (exact) mass is 619 g/mol. The molecule has 12 heteroatoms. The van der Waals surface area contributed by atoms with Gasteiger partial charge in [0.1, 0.15) is 22.7 Å². The summed E-state index contributed by atoms with van der Waals surface area (Å²) >= 11 is 0. The van der Waals surface area contributed by atoms with Gasteiger partial charge >= 0.3 is 0 Å². The molecule has 44 heavy (non-hydrogen) atoms. The third-order valence-corrected chi connectivity index (χ3v) is 10.7. The Morgan fingerprint density at radius 2 is 1.86 bits per heavy atom. The minimum absolute atomic E-state index is 0.00925. The number of piperidine rings is 1. The number of aryl methyl sites for hydroxylation is 1. The highest BCUT2D eigenvalue weighted by atomic mass is 32.2. The standard InChI is InChI=1S/C32H41N7O4S/c1-36-29-25(14-23(16-27(29)43-2)32(40)37-13-5-8-24(33)19-37)34-31(36)26-15-22-11-12-28(35-30(22)38(26)17-21-9-10-21)39(44(3,41)42)18-20-6-4-7-20/h11-12,14-16,20-21,24H,4-10,13,17-19,33H2,1-3H3/t24-/m1/s1. The molecule has 1 aliphatic heterocycles. The molecule has 1 aromatic carbocycles. The van der Waals surface area contributed by atoms with Gasteiger partial charge in [-0.2, -0.15) is 0 Å². The Hall–Kier alpha value is -3.64. The number of pyridine rings is 1. The molecule has 4 aromatic rings. The number of nitrogens with zero attached hydrogens (tertiary/aromatic N) is 6. The van der Waals surface area contributed by atoms with Crippen molar-refractivity contribution in [3.63, 3.8) is 0 Å². The number of aromatic nitrogens is 4. The first kappa shape index (κ1) is 29.1. The fraction of sp³-hybridized carbons (Fsp3) is 0.531. The summed E-state index contributed by atoms with van der Waals surface area (Å²) in [5.41, 5.74) is 9.82. The van der Waals surface area contributed by atoms with Crippen molar-refractivity contribution in [2.24, 2.45) is 24.6 Å². The minimum atomic E-state index is -3.49. The fourth-order valence-corrected chi connectivity index (χ4v) is 7.61. The van der Waals surface area contributed by atoms with Crippen molar-refractivity contribution in [1.82, 2.24) is 24.0 Å². The van der Waals surface area contributed by atoms with E-state index in [1.807, 2.05) is 34.7 Å². The van der Waals surface area contributed by atoms with Crippen LogP contribution in [0.3, 0.4) is 0 Å². The number of hydrogen-bond acceptors (Lipinski definition) is 7. The lowest BCUT2D eigenvalue weighted by Crippen LogP contribution is -2.45. The van der Waals surface area contributed by atoms with Crippen LogP contribution in [0, 0.1) is 11.8 Å². The second-order valence-corrected chi connectivity index (χ2v) is 14.9. The zero-order chi connectivity index (χ0) is 30.7. The van der Waals surface area contributed by atoms with Crippen LogP contribution in [0.4, 0.5) is 5.82 Å². The molecule has 0 spiro atoms. The zero-order valence-corrected chi connectivity index (χ0v) is 26.5. The van der Waals surface area contributed by atoms with Gasteiger partial charge in [-0.1, -0.05) is 6.42 Å². The number of benzene rings is 1. The number of amides is 1. The lowest BCUT2D eigenvalue weighted by Gasteiger charge is -2.31. The summed E-state index contributed by atoms with van der Waals surface area (Å²) in [7, 11) is 0.0812. The van der Waals surface area contributed by atoms with E-state index in [2.05, 4.69) is 10.6 Å². The van der Waals surface area contributed by atoms with E-state index in [4.69, 9.17) is 20.4 Å². The minimum Gasteiger partial charge on any atom is -0.494 e. The molecule has 11 nitrogen and oxygen atoms in total. The van der Waals surface area contributed by atoms with Crippen LogP contribution in [0.15, 0.2) is 30.3 Å². The number of carbonyl (C=O) groups is 1. The van der Waals surface area contributed by atoms with Crippen LogP contribution in [-0.4, -0.2) is 77.4 Å². The highest BCUT2D eigenvalue weighted by molar-refractivity contribution is 7.92. The number of hydrogen-bond donors (Lipinski definition) is 1. The van der Waals surface area contributed by atoms with Crippen molar-refractivity contribution in [3.8, 4) is 17.3 Å². The molecule has 1 amide bonds. The molecule has 0 unspecified atom stereocenters. The largest absolute Gasteiger partial charge is 0.494 e. The van der Waals surface area contributed by atoms with Gasteiger partial charge in [-0.15, -0.1) is 0 Å². The summed E-state index contributed by atoms with van der Waals surface area (Å²) in [4.78, 5) is 25.4. The lowest BCUT2D eigenvalue weighted by atomic mass is 9.85. The summed E-state index contributed by atoms with van der Waals surface area (Å²) in [6.07, 6.45) is 8.62. The van der Waals surface area contributed by atoms with Gasteiger partial charge in [-0.05, 0) is 80.7 Å². The van der Waals surface area contributed by atoms with Crippen molar-refractivity contribution in [1.29, 1.82) is 0 Å². The summed E-state index contributed by atoms with van der Waals surface area (Å²) in [5, 5.41) is 0.929. The third-order valence-electron chi connectivity index (χ3n) is 9.55. The molecule has 234 valence electrons. The Balaban J connectivity index is 1.33. The Morgan fingerprint density at radius 1 is 1.07 bits per heavy atom. The molecular weight excluding hydrogens is 578 g/mol. The van der Waals surface area contributed by atoms with Crippen LogP contribution < -0.4 is 14.8 Å². The summed E-state index contributed by atoms with van der Waals surface area (Å²) in [6, 6.07) is 9.50. The van der Waals surface area contributed by atoms with Crippen LogP contribution in [0.1, 0.15) is 55.3 Å². The second-order valence-electron chi connectivity index (χ2n) is 13.0. The van der Waals surface area contributed by atoms with Crippen LogP contribution in [0.5, 0.6) is 5.75 Å². The fourth-order valence-electron chi connectivity index (χ4n) is 6.69. The molecule has 0 bridgehead atoms. The van der Waals surface area contributed by atoms with E-state index in [1.165, 1.54) is 10.6 Å². The number of anilines is 1. The topological polar surface area (TPSA) is 129 Å². The zero-order valence-electron chi connectivity index (χ0n) is 25.7. The van der Waals surface area contributed by atoms with Gasteiger partial charge in [0.15, 0.2) is 5.82 Å². The average molecular weight is 620 g/mol. The van der Waals surface area contributed by atoms with Gasteiger partial charge in [0.05, 0.1) is 24.6 Å². The van der Waals surface area contributed by atoms with E-state index < -0.39 is 10.0 Å². The number of methoxy groups -OCH3 is 1. The highest BCUT2D eigenvalue weighted by Gasteiger charge is 2.30. The highest BCUT2D eigenvalue weighted by Crippen LogP contribution is 2.38. The summed E-state index contributed by atoms with van der Waals surface area (Å²) in [5.74, 6) is 2.62. The number of nitrogens with two attached hydrogens (primary N) is 1. The second kappa shape index (κ2) is 11.1. The Bertz CT molecular complexity index is 1860. The molecule has 0 radical (unpaired) electrons. The van der Waals surface area contributed by atoms with E-state index in [9.17, 15) is 13.2 Å². The predicted molar refractivity (Wildman–Crippen MR) is 171 cm³/mol. The van der Waals surface area contributed by atoms with Gasteiger partial charge in [0.2, 0.25) is 10.0 Å². The van der Waals surface area contributed by atoms with Gasteiger partial charge in [0, 0.05) is 50.2 Å². The van der Waals surface area contributed by atoms with Crippen molar-refractivity contribution < 1.29 is 17.9 Å². The molecule has 1 atom stereocenters. The number of rotatable bonds is 9. The predicted octanol–water partition coefficient (Wildman–Crippen LogP) is 4.14. The first-order valence-electron chi connectivity index (χ1n) is 15.7. The summed E-state index contributed by atoms with van der Waals surface area (Å²) in [6.45, 7) is 2.47. The van der Waals surface area contributed by atoms with Crippen LogP contribution >= 0.6 is 0 Å². The first-order valence-corrected chi connectivity index (χ1v) is 17.5. The number of ether oxygens (including phenoxy) is 1. The third kappa shape index (κ3) is 5.32. The molecule has 4 heterocycles. The molecular formula is C32H41N7O4S. The Labute approximate surface area is 258 Å². The molecule has 1 saturated heterocycles. The number of carbonyl (C=O) groups excluding carboxylic acids is 1. The maximum Gasteiger partial charge on any atom is 0.254 e. The molecule has 3 fully saturated rings. The van der Waals surface area contributed by atoms with Crippen molar-refractivity contribution in [3.05, 3.63) is 35.9 Å². The Kier molecular flexibility index (Phi) is 7.31. The molecule has 2 saturated carbocycles. The van der Waals surface area contributed by atoms with E-state index in [1.54, 1.807) is 13.2 Å². The van der Waals surface area contributed by atoms with Gasteiger partial charge in [-0.25, -0.2) is 18.4 Å². The molecule has 2 aliphatic carbocycles. The molecule has 3 aromatic heterocycles. The number of imidazole rings is 1. The van der Waals surface area contributed by atoms with Crippen molar-refractivity contribution >= 4 is 43.8 Å². The van der Waals surface area contributed by atoms with E-state index in [-0.39, 0.29) is 11.9 Å². The number of sulfonamides is 1. The maximum absolute atomic E-state index is 13.5. The van der Waals surface area contributed by atoms with E-state index in [0.717, 1.165) is 79.6 Å². The molecule has 7 rings (SSSR count). The number of fused-ring (bicyclic) bond motifs is 2. The van der Waals surface area contributed by atoms with Crippen LogP contribution in [-0.2, 0) is 23.6 Å². The van der Waals surface area contributed by atoms with Crippen molar-refractivity contribution in [2.45, 2.75) is 57.5 Å². The first-order chi connectivity index (χ1) is 21.1. The Morgan fingerprint density at radius 3 is 2.52 bits per heavy atom. The lowest BCUT2D eigenvalue weighted by molar-refractivity contribution is 0.0708. The van der Waals surface area contributed by atoms with Gasteiger partial charge in [0.25, 0.3) is 5.91 Å². The van der Waals surface area contributed by atoms with Gasteiger partial charge < -0.3 is 24.5 Å². The average Bonchev–Trinajstić information content (AvgIpc) is 3.64. The van der Waals surface area contributed by atoms with Crippen LogP contribution in [0.2, 0.25) is 0 Å². The van der Waals surface area contributed by atoms with Gasteiger partial charge in [-0.3, -0.25) is 9.10 Å². The molecule has 3 aliphatic rings. The van der Waals surface area contributed by atoms with Crippen LogP contribution in [0.25, 0.3) is 33.6 Å². The van der Waals surface area contributed by atoms with Crippen molar-refractivity contribution in [2.75, 3.05) is 37.3 Å². The molecule has 2 N–H and O–H groups in total. The van der Waals surface area contributed by atoms with E-state index >= 15 is 0 Å². The number of likely N-dealkylation sites (tertiary alicyclic amines) is 1. The quantitative estimate of drug-likeness (QED) is 0.298. The summed E-state index contributed by atoms with van der Waals surface area (Å²) < 4.78 is 37.2. The smallest absolute Gasteiger partial charge is 0.254 e.